The van der Waals surface area contributed by atoms with Gasteiger partial charge in [0.25, 0.3) is 5.91 Å². The van der Waals surface area contributed by atoms with Crippen molar-refractivity contribution in [3.05, 3.63) is 47.4 Å². The number of nitrogens with zero attached hydrogens (tertiary/aromatic N) is 3. The molecule has 5 nitrogen and oxygen atoms in total. The Labute approximate surface area is 134 Å². The number of aromatic nitrogens is 2. The SMILES string of the molecule is O=C(c1cc(Nc2cccc(Cl)c2)ncn1)N1CCCCC1. The summed E-state index contributed by atoms with van der Waals surface area (Å²) in [5.41, 5.74) is 1.24. The number of halogens is 1. The topological polar surface area (TPSA) is 58.1 Å². The minimum atomic E-state index is -0.0313. The molecule has 1 aliphatic rings. The number of nitrogens with one attached hydrogen (secondary N) is 1. The molecule has 0 unspecified atom stereocenters. The number of benzene rings is 1. The van der Waals surface area contributed by atoms with Gasteiger partial charge in [0.05, 0.1) is 0 Å². The summed E-state index contributed by atoms with van der Waals surface area (Å²) in [6.45, 7) is 1.61. The van der Waals surface area contributed by atoms with Crippen LogP contribution in [0.15, 0.2) is 36.7 Å². The normalized spacial score (nSPS) is 14.7. The standard InChI is InChI=1S/C16H17ClN4O/c17-12-5-4-6-13(9-12)20-15-10-14(18-11-19-15)16(22)21-7-2-1-3-8-21/h4-6,9-11H,1-3,7-8H2,(H,18,19,20). The first-order valence-corrected chi connectivity index (χ1v) is 7.74. The maximum atomic E-state index is 12.4. The lowest BCUT2D eigenvalue weighted by atomic mass is 10.1. The number of likely N-dealkylation sites (tertiary alicyclic amines) is 1. The molecular formula is C16H17ClN4O. The number of carbonyl (C=O) groups is 1. The van der Waals surface area contributed by atoms with Crippen LogP contribution in [0.1, 0.15) is 29.8 Å². The molecule has 2 heterocycles. The summed E-state index contributed by atoms with van der Waals surface area (Å²) < 4.78 is 0. The number of hydrogen-bond acceptors (Lipinski definition) is 4. The van der Waals surface area contributed by atoms with Gasteiger partial charge in [-0.15, -0.1) is 0 Å². The number of rotatable bonds is 3. The second kappa shape index (κ2) is 6.75. The van der Waals surface area contributed by atoms with Crippen LogP contribution in [0.4, 0.5) is 11.5 Å². The number of amides is 1. The molecule has 1 amide bonds. The highest BCUT2D eigenvalue weighted by Crippen LogP contribution is 2.19. The van der Waals surface area contributed by atoms with Crippen LogP contribution in [0, 0.1) is 0 Å². The molecule has 0 saturated carbocycles. The zero-order valence-electron chi connectivity index (χ0n) is 12.1. The summed E-state index contributed by atoms with van der Waals surface area (Å²) >= 11 is 5.96. The lowest BCUT2D eigenvalue weighted by Crippen LogP contribution is -2.36. The molecule has 1 fully saturated rings. The largest absolute Gasteiger partial charge is 0.340 e. The third-order valence-electron chi connectivity index (χ3n) is 3.63. The Morgan fingerprint density at radius 2 is 1.95 bits per heavy atom. The average molecular weight is 317 g/mol. The van der Waals surface area contributed by atoms with Gasteiger partial charge >= 0.3 is 0 Å². The number of hydrogen-bond donors (Lipinski definition) is 1. The molecule has 22 heavy (non-hydrogen) atoms. The molecule has 1 N–H and O–H groups in total. The van der Waals surface area contributed by atoms with E-state index in [0.717, 1.165) is 31.6 Å². The van der Waals surface area contributed by atoms with Gasteiger partial charge in [-0.25, -0.2) is 9.97 Å². The van der Waals surface area contributed by atoms with Crippen molar-refractivity contribution in [1.29, 1.82) is 0 Å². The van der Waals surface area contributed by atoms with E-state index in [2.05, 4.69) is 15.3 Å². The quantitative estimate of drug-likeness (QED) is 0.941. The van der Waals surface area contributed by atoms with Gasteiger partial charge in [-0.3, -0.25) is 4.79 Å². The van der Waals surface area contributed by atoms with Crippen molar-refractivity contribution >= 4 is 29.0 Å². The van der Waals surface area contributed by atoms with E-state index in [1.807, 2.05) is 17.0 Å². The van der Waals surface area contributed by atoms with E-state index in [0.29, 0.717) is 16.5 Å². The van der Waals surface area contributed by atoms with Crippen LogP contribution in [-0.4, -0.2) is 33.9 Å². The summed E-state index contributed by atoms with van der Waals surface area (Å²) in [6.07, 6.45) is 4.72. The Morgan fingerprint density at radius 1 is 1.14 bits per heavy atom. The molecule has 114 valence electrons. The van der Waals surface area contributed by atoms with E-state index in [4.69, 9.17) is 11.6 Å². The van der Waals surface area contributed by atoms with E-state index in [-0.39, 0.29) is 5.91 Å². The molecule has 1 saturated heterocycles. The molecule has 2 aromatic rings. The first-order chi connectivity index (χ1) is 10.7. The summed E-state index contributed by atoms with van der Waals surface area (Å²) in [6, 6.07) is 9.03. The molecule has 0 atom stereocenters. The van der Waals surface area contributed by atoms with Crippen molar-refractivity contribution in [1.82, 2.24) is 14.9 Å². The van der Waals surface area contributed by atoms with Crippen LogP contribution in [0.5, 0.6) is 0 Å². The fourth-order valence-corrected chi connectivity index (χ4v) is 2.71. The van der Waals surface area contributed by atoms with E-state index >= 15 is 0 Å². The van der Waals surface area contributed by atoms with E-state index in [1.54, 1.807) is 18.2 Å². The Balaban J connectivity index is 1.75. The van der Waals surface area contributed by atoms with E-state index in [9.17, 15) is 4.79 Å². The van der Waals surface area contributed by atoms with Gasteiger partial charge in [0.2, 0.25) is 0 Å². The highest BCUT2D eigenvalue weighted by Gasteiger charge is 2.19. The molecule has 3 rings (SSSR count). The molecule has 0 aliphatic carbocycles. The average Bonchev–Trinajstić information content (AvgIpc) is 2.55. The van der Waals surface area contributed by atoms with Gasteiger partial charge in [-0.1, -0.05) is 17.7 Å². The third kappa shape index (κ3) is 3.54. The van der Waals surface area contributed by atoms with Gasteiger partial charge < -0.3 is 10.2 Å². The lowest BCUT2D eigenvalue weighted by Gasteiger charge is -2.26. The fourth-order valence-electron chi connectivity index (χ4n) is 2.52. The van der Waals surface area contributed by atoms with Crippen LogP contribution < -0.4 is 5.32 Å². The van der Waals surface area contributed by atoms with Gasteiger partial charge in [-0.05, 0) is 37.5 Å². The smallest absolute Gasteiger partial charge is 0.272 e. The first-order valence-electron chi connectivity index (χ1n) is 7.36. The van der Waals surface area contributed by atoms with Gasteiger partial charge in [0.15, 0.2) is 0 Å². The Kier molecular flexibility index (Phi) is 4.53. The first kappa shape index (κ1) is 14.8. The number of piperidine rings is 1. The monoisotopic (exact) mass is 316 g/mol. The predicted molar refractivity (Wildman–Crippen MR) is 86.5 cm³/mol. The second-order valence-electron chi connectivity index (χ2n) is 5.28. The van der Waals surface area contributed by atoms with Crippen molar-refractivity contribution in [3.63, 3.8) is 0 Å². The van der Waals surface area contributed by atoms with Crippen LogP contribution in [0.25, 0.3) is 0 Å². The van der Waals surface area contributed by atoms with E-state index < -0.39 is 0 Å². The van der Waals surface area contributed by atoms with Crippen LogP contribution >= 0.6 is 11.6 Å². The molecule has 1 aromatic heterocycles. The van der Waals surface area contributed by atoms with E-state index in [1.165, 1.54) is 12.7 Å². The summed E-state index contributed by atoms with van der Waals surface area (Å²) in [7, 11) is 0. The maximum absolute atomic E-state index is 12.4. The van der Waals surface area contributed by atoms with Gasteiger partial charge in [0.1, 0.15) is 17.8 Å². The van der Waals surface area contributed by atoms with Crippen molar-refractivity contribution in [2.45, 2.75) is 19.3 Å². The minimum absolute atomic E-state index is 0.0313. The van der Waals surface area contributed by atoms with Crippen molar-refractivity contribution in [3.8, 4) is 0 Å². The van der Waals surface area contributed by atoms with Gasteiger partial charge in [0, 0.05) is 29.9 Å². The minimum Gasteiger partial charge on any atom is -0.340 e. The Hall–Kier alpha value is -2.14. The molecule has 6 heteroatoms. The fraction of sp³-hybridized carbons (Fsp3) is 0.312. The van der Waals surface area contributed by atoms with Crippen LogP contribution in [0.2, 0.25) is 5.02 Å². The highest BCUT2D eigenvalue weighted by molar-refractivity contribution is 6.30. The lowest BCUT2D eigenvalue weighted by molar-refractivity contribution is 0.0718. The summed E-state index contributed by atoms with van der Waals surface area (Å²) in [5.74, 6) is 0.550. The zero-order valence-corrected chi connectivity index (χ0v) is 12.9. The second-order valence-corrected chi connectivity index (χ2v) is 5.71. The molecule has 1 aromatic carbocycles. The third-order valence-corrected chi connectivity index (χ3v) is 3.86. The zero-order chi connectivity index (χ0) is 15.4. The molecule has 0 spiro atoms. The Morgan fingerprint density at radius 3 is 2.73 bits per heavy atom. The summed E-state index contributed by atoms with van der Waals surface area (Å²) in [4.78, 5) is 22.6. The molecule has 0 radical (unpaired) electrons. The predicted octanol–water partition coefficient (Wildman–Crippen LogP) is 3.50. The molecule has 1 aliphatic heterocycles. The molecule has 0 bridgehead atoms. The van der Waals surface area contributed by atoms with Crippen molar-refractivity contribution in [2.75, 3.05) is 18.4 Å². The summed E-state index contributed by atoms with van der Waals surface area (Å²) in [5, 5.41) is 3.78. The highest BCUT2D eigenvalue weighted by atomic mass is 35.5. The van der Waals surface area contributed by atoms with Crippen molar-refractivity contribution in [2.24, 2.45) is 0 Å². The van der Waals surface area contributed by atoms with Crippen molar-refractivity contribution < 1.29 is 4.79 Å². The number of carbonyl (C=O) groups excluding carboxylic acids is 1. The van der Waals surface area contributed by atoms with Gasteiger partial charge in [-0.2, -0.15) is 0 Å². The Bertz CT molecular complexity index is 671. The number of anilines is 2. The molecular weight excluding hydrogens is 300 g/mol. The van der Waals surface area contributed by atoms with Crippen LogP contribution in [0.3, 0.4) is 0 Å². The van der Waals surface area contributed by atoms with Crippen LogP contribution in [-0.2, 0) is 0 Å². The maximum Gasteiger partial charge on any atom is 0.272 e.